The van der Waals surface area contributed by atoms with Gasteiger partial charge in [-0.2, -0.15) is 0 Å². The number of ether oxygens (including phenoxy) is 1. The summed E-state index contributed by atoms with van der Waals surface area (Å²) >= 11 is 0. The number of carbonyl (C=O) groups is 1. The van der Waals surface area contributed by atoms with E-state index in [0.29, 0.717) is 12.2 Å². The number of esters is 1. The van der Waals surface area contributed by atoms with Gasteiger partial charge in [0.25, 0.3) is 0 Å². The van der Waals surface area contributed by atoms with Crippen LogP contribution in [-0.4, -0.2) is 37.1 Å². The Kier molecular flexibility index (Phi) is 3.15. The van der Waals surface area contributed by atoms with Crippen molar-refractivity contribution in [3.63, 3.8) is 0 Å². The molecule has 0 saturated heterocycles. The lowest BCUT2D eigenvalue weighted by Crippen LogP contribution is -2.14. The molecule has 0 unspecified atom stereocenters. The molecule has 0 radical (unpaired) electrons. The highest BCUT2D eigenvalue weighted by Gasteiger charge is 2.18. The topological polar surface area (TPSA) is 45.3 Å². The van der Waals surface area contributed by atoms with Crippen LogP contribution in [0.3, 0.4) is 0 Å². The molecule has 0 bridgehead atoms. The summed E-state index contributed by atoms with van der Waals surface area (Å²) < 4.78 is 4.80. The van der Waals surface area contributed by atoms with Crippen LogP contribution in [0.4, 0.5) is 0 Å². The van der Waals surface area contributed by atoms with Crippen molar-refractivity contribution in [2.45, 2.75) is 6.54 Å². The second-order valence-electron chi connectivity index (χ2n) is 4.25. The Morgan fingerprint density at radius 3 is 2.71 bits per heavy atom. The fourth-order valence-corrected chi connectivity index (χ4v) is 1.96. The van der Waals surface area contributed by atoms with Gasteiger partial charge in [0.1, 0.15) is 5.69 Å². The maximum absolute atomic E-state index is 11.7. The monoisotopic (exact) mass is 232 g/mol. The van der Waals surface area contributed by atoms with Gasteiger partial charge >= 0.3 is 5.97 Å². The molecule has 0 atom stereocenters. The molecule has 0 spiro atoms. The van der Waals surface area contributed by atoms with Crippen molar-refractivity contribution in [3.8, 4) is 0 Å². The first-order chi connectivity index (χ1) is 8.13. The summed E-state index contributed by atoms with van der Waals surface area (Å²) in [4.78, 5) is 16.9. The van der Waals surface area contributed by atoms with E-state index in [2.05, 4.69) is 4.98 Å². The first kappa shape index (κ1) is 11.7. The smallest absolute Gasteiger partial charge is 0.354 e. The molecule has 1 aromatic heterocycles. The minimum absolute atomic E-state index is 0.321. The first-order valence-electron chi connectivity index (χ1n) is 5.46. The number of aromatic amines is 1. The van der Waals surface area contributed by atoms with Crippen molar-refractivity contribution in [2.75, 3.05) is 21.2 Å². The van der Waals surface area contributed by atoms with E-state index in [4.69, 9.17) is 4.74 Å². The summed E-state index contributed by atoms with van der Waals surface area (Å²) in [6, 6.07) is 7.88. The predicted octanol–water partition coefficient (Wildman–Crippen LogP) is 2.02. The number of hydrogen-bond acceptors (Lipinski definition) is 3. The van der Waals surface area contributed by atoms with Crippen LogP contribution in [0.1, 0.15) is 16.1 Å². The van der Waals surface area contributed by atoms with E-state index in [1.54, 1.807) is 0 Å². The predicted molar refractivity (Wildman–Crippen MR) is 67.0 cm³/mol. The third-order valence-corrected chi connectivity index (χ3v) is 2.68. The zero-order valence-electron chi connectivity index (χ0n) is 10.3. The molecule has 0 aliphatic carbocycles. The summed E-state index contributed by atoms with van der Waals surface area (Å²) in [6.07, 6.45) is 0. The number of nitrogens with zero attached hydrogens (tertiary/aromatic N) is 1. The molecule has 1 aromatic carbocycles. The number of nitrogens with one attached hydrogen (secondary N) is 1. The van der Waals surface area contributed by atoms with Crippen LogP contribution < -0.4 is 0 Å². The van der Waals surface area contributed by atoms with Gasteiger partial charge in [0.15, 0.2) is 0 Å². The van der Waals surface area contributed by atoms with Gasteiger partial charge in [-0.25, -0.2) is 4.79 Å². The van der Waals surface area contributed by atoms with Gasteiger partial charge in [0.05, 0.1) is 7.11 Å². The van der Waals surface area contributed by atoms with Gasteiger partial charge < -0.3 is 14.6 Å². The largest absolute Gasteiger partial charge is 0.464 e. The van der Waals surface area contributed by atoms with Gasteiger partial charge in [-0.05, 0) is 20.2 Å². The molecule has 1 heterocycles. The van der Waals surface area contributed by atoms with E-state index in [-0.39, 0.29) is 5.97 Å². The van der Waals surface area contributed by atoms with Crippen molar-refractivity contribution in [1.29, 1.82) is 0 Å². The number of methoxy groups -OCH3 is 1. The van der Waals surface area contributed by atoms with E-state index in [1.807, 2.05) is 43.3 Å². The van der Waals surface area contributed by atoms with Crippen molar-refractivity contribution < 1.29 is 9.53 Å². The molecule has 0 saturated carbocycles. The second kappa shape index (κ2) is 4.59. The third kappa shape index (κ3) is 2.17. The Morgan fingerprint density at radius 2 is 2.06 bits per heavy atom. The average molecular weight is 232 g/mol. The van der Waals surface area contributed by atoms with E-state index in [0.717, 1.165) is 16.5 Å². The van der Waals surface area contributed by atoms with E-state index in [9.17, 15) is 4.79 Å². The SMILES string of the molecule is COC(=O)c1[nH]c2ccccc2c1CN(C)C. The lowest BCUT2D eigenvalue weighted by atomic mass is 10.1. The van der Waals surface area contributed by atoms with Crippen molar-refractivity contribution in [1.82, 2.24) is 9.88 Å². The summed E-state index contributed by atoms with van der Waals surface area (Å²) in [5.74, 6) is -0.321. The Morgan fingerprint density at radius 1 is 1.35 bits per heavy atom. The molecule has 17 heavy (non-hydrogen) atoms. The molecule has 0 aliphatic rings. The molecule has 1 N–H and O–H groups in total. The van der Waals surface area contributed by atoms with Gasteiger partial charge in [-0.1, -0.05) is 18.2 Å². The van der Waals surface area contributed by atoms with Crippen molar-refractivity contribution in [3.05, 3.63) is 35.5 Å². The quantitative estimate of drug-likeness (QED) is 0.823. The number of carbonyl (C=O) groups excluding carboxylic acids is 1. The number of rotatable bonds is 3. The van der Waals surface area contributed by atoms with Crippen LogP contribution in [0.25, 0.3) is 10.9 Å². The molecule has 0 amide bonds. The first-order valence-corrected chi connectivity index (χ1v) is 5.46. The number of hydrogen-bond donors (Lipinski definition) is 1. The summed E-state index contributed by atoms with van der Waals surface area (Å²) in [5.41, 5.74) is 2.49. The highest BCUT2D eigenvalue weighted by atomic mass is 16.5. The minimum atomic E-state index is -0.321. The standard InChI is InChI=1S/C13H16N2O2/c1-15(2)8-10-9-6-4-5-7-11(9)14-12(10)13(16)17-3/h4-7,14H,8H2,1-3H3. The van der Waals surface area contributed by atoms with Gasteiger partial charge in [0, 0.05) is 23.0 Å². The zero-order chi connectivity index (χ0) is 12.4. The zero-order valence-corrected chi connectivity index (χ0v) is 10.3. The molecule has 2 rings (SSSR count). The number of benzene rings is 1. The van der Waals surface area contributed by atoms with Gasteiger partial charge in [-0.3, -0.25) is 0 Å². The Labute approximate surface area is 100 Å². The number of fused-ring (bicyclic) bond motifs is 1. The fourth-order valence-electron chi connectivity index (χ4n) is 1.96. The fraction of sp³-hybridized carbons (Fsp3) is 0.308. The summed E-state index contributed by atoms with van der Waals surface area (Å²) in [5, 5.41) is 1.07. The van der Waals surface area contributed by atoms with Gasteiger partial charge in [0.2, 0.25) is 0 Å². The molecule has 2 aromatic rings. The van der Waals surface area contributed by atoms with Crippen LogP contribution in [0.15, 0.2) is 24.3 Å². The molecule has 0 fully saturated rings. The number of H-pyrrole nitrogens is 1. The lowest BCUT2D eigenvalue weighted by molar-refractivity contribution is 0.0593. The molecular formula is C13H16N2O2. The molecular weight excluding hydrogens is 216 g/mol. The summed E-state index contributed by atoms with van der Waals surface area (Å²) in [7, 11) is 5.35. The maximum atomic E-state index is 11.7. The molecule has 0 aliphatic heterocycles. The van der Waals surface area contributed by atoms with E-state index < -0.39 is 0 Å². The van der Waals surface area contributed by atoms with Crippen LogP contribution >= 0.6 is 0 Å². The third-order valence-electron chi connectivity index (χ3n) is 2.68. The van der Waals surface area contributed by atoms with Crippen molar-refractivity contribution in [2.24, 2.45) is 0 Å². The Bertz CT molecular complexity index is 543. The highest BCUT2D eigenvalue weighted by molar-refractivity contribution is 5.98. The van der Waals surface area contributed by atoms with Crippen LogP contribution in [0.5, 0.6) is 0 Å². The lowest BCUT2D eigenvalue weighted by Gasteiger charge is -2.10. The Hall–Kier alpha value is -1.81. The second-order valence-corrected chi connectivity index (χ2v) is 4.25. The van der Waals surface area contributed by atoms with Crippen molar-refractivity contribution >= 4 is 16.9 Å². The maximum Gasteiger partial charge on any atom is 0.354 e. The summed E-state index contributed by atoms with van der Waals surface area (Å²) in [6.45, 7) is 0.703. The van der Waals surface area contributed by atoms with Gasteiger partial charge in [-0.15, -0.1) is 0 Å². The van der Waals surface area contributed by atoms with Crippen LogP contribution in [-0.2, 0) is 11.3 Å². The normalized spacial score (nSPS) is 11.1. The van der Waals surface area contributed by atoms with Crippen LogP contribution in [0.2, 0.25) is 0 Å². The number of para-hydroxylation sites is 1. The van der Waals surface area contributed by atoms with E-state index in [1.165, 1.54) is 7.11 Å². The van der Waals surface area contributed by atoms with E-state index >= 15 is 0 Å². The van der Waals surface area contributed by atoms with Crippen LogP contribution in [0, 0.1) is 0 Å². The molecule has 4 nitrogen and oxygen atoms in total. The Balaban J connectivity index is 2.60. The molecule has 90 valence electrons. The highest BCUT2D eigenvalue weighted by Crippen LogP contribution is 2.23. The minimum Gasteiger partial charge on any atom is -0.464 e. The molecule has 4 heteroatoms. The average Bonchev–Trinajstić information content (AvgIpc) is 2.67. The number of aromatic nitrogens is 1.